The third-order valence-corrected chi connectivity index (χ3v) is 16.2. The van der Waals surface area contributed by atoms with E-state index in [2.05, 4.69) is 75.1 Å². The van der Waals surface area contributed by atoms with Crippen LogP contribution in [0.3, 0.4) is 0 Å². The molecule has 4 aliphatic rings. The number of ether oxygens (including phenoxy) is 3. The molecule has 17 nitrogen and oxygen atoms in total. The molecular weight excluding hydrogens is 908 g/mol. The van der Waals surface area contributed by atoms with Gasteiger partial charge in [0.1, 0.15) is 22.1 Å². The number of benzene rings is 2. The van der Waals surface area contributed by atoms with Crippen molar-refractivity contribution < 1.29 is 41.8 Å². The van der Waals surface area contributed by atoms with Crippen molar-refractivity contribution in [3.05, 3.63) is 99.6 Å². The van der Waals surface area contributed by atoms with Gasteiger partial charge in [0.25, 0.3) is 21.8 Å². The Labute approximate surface area is 401 Å². The number of aromatic nitrogens is 3. The van der Waals surface area contributed by atoms with Gasteiger partial charge in [0.15, 0.2) is 5.75 Å². The van der Waals surface area contributed by atoms with Crippen LogP contribution in [-0.4, -0.2) is 102 Å². The van der Waals surface area contributed by atoms with E-state index < -0.39 is 42.9 Å². The van der Waals surface area contributed by atoms with Crippen molar-refractivity contribution in [2.75, 3.05) is 50.1 Å². The Morgan fingerprint density at radius 3 is 2.54 bits per heavy atom. The van der Waals surface area contributed by atoms with Gasteiger partial charge in [0, 0.05) is 62.3 Å². The molecule has 1 spiro atoms. The first-order chi connectivity index (χ1) is 32.9. The Kier molecular flexibility index (Phi) is 13.3. The number of nitro groups is 1. The van der Waals surface area contributed by atoms with E-state index in [1.54, 1.807) is 19.1 Å². The molecular formula is C50H61FN8O9S. The average molecular weight is 969 g/mol. The Balaban J connectivity index is 0.932. The number of nitrogens with one attached hydrogen (secondary N) is 3. The van der Waals surface area contributed by atoms with Crippen LogP contribution in [0.4, 0.5) is 21.6 Å². The molecule has 0 bridgehead atoms. The fraction of sp³-hybridized carbons (Fsp3) is 0.500. The normalized spacial score (nSPS) is 23.2. The van der Waals surface area contributed by atoms with E-state index in [4.69, 9.17) is 14.2 Å². The van der Waals surface area contributed by atoms with Crippen molar-refractivity contribution in [2.45, 2.75) is 114 Å². The molecule has 3 aromatic heterocycles. The van der Waals surface area contributed by atoms with Crippen molar-refractivity contribution in [1.29, 1.82) is 0 Å². The number of hydrogen-bond donors (Lipinski definition) is 4. The smallest absolute Gasteiger partial charge is 0.312 e. The minimum Gasteiger partial charge on any atom is -0.478 e. The molecule has 0 unspecified atom stereocenters. The van der Waals surface area contributed by atoms with E-state index in [1.165, 1.54) is 30.4 Å². The number of carbonyl (C=O) groups excluding carboxylic acids is 1. The molecule has 19 heteroatoms. The van der Waals surface area contributed by atoms with Crippen LogP contribution < -0.4 is 24.4 Å². The largest absolute Gasteiger partial charge is 0.478 e. The summed E-state index contributed by atoms with van der Waals surface area (Å²) in [4.78, 5) is 41.0. The number of sulfonamides is 1. The van der Waals surface area contributed by atoms with Gasteiger partial charge in [-0.2, -0.15) is 4.98 Å². The number of amides is 1. The molecule has 368 valence electrons. The van der Waals surface area contributed by atoms with E-state index in [0.717, 1.165) is 69.5 Å². The number of rotatable bonds is 14. The number of methoxy groups -OCH3 is 1. The molecule has 2 saturated carbocycles. The predicted octanol–water partition coefficient (Wildman–Crippen LogP) is 8.61. The quantitative estimate of drug-likeness (QED) is 0.0606. The summed E-state index contributed by atoms with van der Waals surface area (Å²) in [6.45, 7) is 11.8. The summed E-state index contributed by atoms with van der Waals surface area (Å²) >= 11 is 0. The molecule has 5 heterocycles. The topological polar surface area (TPSA) is 214 Å². The lowest BCUT2D eigenvalue weighted by atomic mass is 9.59. The maximum absolute atomic E-state index is 14.8. The van der Waals surface area contributed by atoms with E-state index in [1.807, 2.05) is 4.72 Å². The molecule has 2 saturated heterocycles. The lowest BCUT2D eigenvalue weighted by molar-refractivity contribution is -0.384. The summed E-state index contributed by atoms with van der Waals surface area (Å²) in [7, 11) is -3.36. The standard InChI is InChI=1S/C50H61FN8O9S/c1-30(2)36-8-6-7-9-37(36)42-29-67-31(3)28-58(42)34-23-50(24-34)16-18-57(19-17-50)33-10-11-38(43(20-33)68-44-22-39-40(51)27-54-45(39)55-48(44)66-5)47(60)56-69(64,65)35-21-41(59(62)63)46(53-26-35)52-25-32-12-14-49(4,61)15-13-32/h6-11,20-22,26-27,30-32,34,42,61H,12-19,23-25,28-29H2,1-5H3,(H,52,53)(H,54,55)(H,56,60)/t31-,32?,42+,49?/m1/s1. The van der Waals surface area contributed by atoms with Gasteiger partial charge in [-0.25, -0.2) is 22.5 Å². The minimum atomic E-state index is -4.73. The van der Waals surface area contributed by atoms with Gasteiger partial charge in [-0.15, -0.1) is 0 Å². The van der Waals surface area contributed by atoms with Gasteiger partial charge in [0.2, 0.25) is 5.82 Å². The highest BCUT2D eigenvalue weighted by Gasteiger charge is 2.50. The molecule has 5 aromatic rings. The van der Waals surface area contributed by atoms with Crippen LogP contribution in [0.5, 0.6) is 17.4 Å². The van der Waals surface area contributed by atoms with Gasteiger partial charge in [0.05, 0.1) is 53.5 Å². The van der Waals surface area contributed by atoms with E-state index in [-0.39, 0.29) is 63.3 Å². The Morgan fingerprint density at radius 1 is 1.09 bits per heavy atom. The molecule has 4 N–H and O–H groups in total. The van der Waals surface area contributed by atoms with E-state index in [9.17, 15) is 32.8 Å². The lowest BCUT2D eigenvalue weighted by Crippen LogP contribution is -2.59. The van der Waals surface area contributed by atoms with Crippen LogP contribution >= 0.6 is 0 Å². The highest BCUT2D eigenvalue weighted by Crippen LogP contribution is 2.53. The van der Waals surface area contributed by atoms with Crippen LogP contribution in [0.25, 0.3) is 11.0 Å². The van der Waals surface area contributed by atoms with Crippen molar-refractivity contribution >= 4 is 44.2 Å². The van der Waals surface area contributed by atoms with Crippen LogP contribution in [0.1, 0.15) is 113 Å². The monoisotopic (exact) mass is 968 g/mol. The summed E-state index contributed by atoms with van der Waals surface area (Å²) in [5, 5.41) is 25.6. The third kappa shape index (κ3) is 10.1. The zero-order valence-corrected chi connectivity index (χ0v) is 40.5. The number of hydrogen-bond acceptors (Lipinski definition) is 14. The number of fused-ring (bicyclic) bond motifs is 1. The molecule has 0 radical (unpaired) electrons. The number of anilines is 2. The van der Waals surface area contributed by atoms with Crippen molar-refractivity contribution in [3.8, 4) is 17.4 Å². The maximum Gasteiger partial charge on any atom is 0.312 e. The van der Waals surface area contributed by atoms with Crippen LogP contribution in [0.2, 0.25) is 0 Å². The van der Waals surface area contributed by atoms with E-state index >= 15 is 0 Å². The van der Waals surface area contributed by atoms with E-state index in [0.29, 0.717) is 50.8 Å². The number of halogens is 1. The Morgan fingerprint density at radius 2 is 1.83 bits per heavy atom. The van der Waals surface area contributed by atoms with Crippen LogP contribution in [0, 0.1) is 27.3 Å². The van der Waals surface area contributed by atoms with Gasteiger partial charge < -0.3 is 34.5 Å². The van der Waals surface area contributed by atoms with Gasteiger partial charge in [-0.05, 0) is 106 Å². The zero-order valence-electron chi connectivity index (χ0n) is 39.7. The Bertz CT molecular complexity index is 2830. The fourth-order valence-corrected chi connectivity index (χ4v) is 11.7. The second-order valence-corrected chi connectivity index (χ2v) is 21.7. The first-order valence-electron chi connectivity index (χ1n) is 23.8. The molecule has 2 aliphatic carbocycles. The molecule has 1 amide bonds. The van der Waals surface area contributed by atoms with Gasteiger partial charge in [-0.3, -0.25) is 19.8 Å². The van der Waals surface area contributed by atoms with Crippen molar-refractivity contribution in [3.63, 3.8) is 0 Å². The zero-order chi connectivity index (χ0) is 48.8. The predicted molar refractivity (Wildman–Crippen MR) is 258 cm³/mol. The minimum absolute atomic E-state index is 0.0137. The van der Waals surface area contributed by atoms with Crippen LogP contribution in [0.15, 0.2) is 71.9 Å². The first kappa shape index (κ1) is 48.1. The maximum atomic E-state index is 14.8. The van der Waals surface area contributed by atoms with Gasteiger partial charge in [-0.1, -0.05) is 38.1 Å². The fourth-order valence-electron chi connectivity index (χ4n) is 10.8. The number of nitrogens with zero attached hydrogens (tertiary/aromatic N) is 5. The first-order valence-corrected chi connectivity index (χ1v) is 25.3. The number of H-pyrrole nitrogens is 1. The molecule has 9 rings (SSSR count). The summed E-state index contributed by atoms with van der Waals surface area (Å²) in [5.74, 6) is -1.34. The molecule has 2 aromatic carbocycles. The number of aromatic amines is 1. The average Bonchev–Trinajstić information content (AvgIpc) is 3.68. The second-order valence-electron chi connectivity index (χ2n) is 20.1. The molecule has 2 aliphatic heterocycles. The second kappa shape index (κ2) is 19.1. The van der Waals surface area contributed by atoms with Crippen molar-refractivity contribution in [1.82, 2.24) is 24.6 Å². The molecule has 2 atom stereocenters. The third-order valence-electron chi connectivity index (χ3n) is 14.9. The highest BCUT2D eigenvalue weighted by atomic mass is 32.2. The number of piperidine rings is 1. The number of aliphatic hydroxyl groups is 1. The highest BCUT2D eigenvalue weighted by molar-refractivity contribution is 7.90. The molecule has 4 fully saturated rings. The van der Waals surface area contributed by atoms with Gasteiger partial charge >= 0.3 is 5.69 Å². The summed E-state index contributed by atoms with van der Waals surface area (Å²) in [6, 6.07) is 16.4. The number of morpholine rings is 1. The SMILES string of the molecule is COc1nc2[nH]cc(F)c2cc1Oc1cc(N2CCC3(CC2)CC(N2C[C@@H](C)OC[C@H]2c2ccccc2C(C)C)C3)ccc1C(=O)NS(=O)(=O)c1cnc(NCC2CCC(C)(O)CC2)c([N+](=O)[O-])c1. The molecule has 69 heavy (non-hydrogen) atoms. The summed E-state index contributed by atoms with van der Waals surface area (Å²) in [5.41, 5.74) is 2.31. The summed E-state index contributed by atoms with van der Waals surface area (Å²) in [6.07, 6.45) is 8.94. The summed E-state index contributed by atoms with van der Waals surface area (Å²) < 4.78 is 62.6. The number of pyridine rings is 2. The number of carbonyl (C=O) groups is 1. The Hall–Kier alpha value is -5.89. The van der Waals surface area contributed by atoms with Crippen molar-refractivity contribution in [2.24, 2.45) is 11.3 Å². The van der Waals surface area contributed by atoms with Crippen LogP contribution in [-0.2, 0) is 14.8 Å². The lowest BCUT2D eigenvalue weighted by Gasteiger charge is -2.58.